The molecule has 0 amide bonds. The number of para-hydroxylation sites is 1. The van der Waals surface area contributed by atoms with Crippen LogP contribution in [0.4, 0.5) is 0 Å². The van der Waals surface area contributed by atoms with Crippen LogP contribution in [0.15, 0.2) is 82.7 Å². The van der Waals surface area contributed by atoms with E-state index in [0.29, 0.717) is 32.4 Å². The SMILES string of the molecule is CSc1nc2nc3c(c(-c4ccc(Cl)cc4)c2c2nc4ccccc4c(=O)n12)CCc1ccccc1-3. The molecule has 0 N–H and O–H groups in total. The van der Waals surface area contributed by atoms with E-state index < -0.39 is 0 Å². The van der Waals surface area contributed by atoms with Gasteiger partial charge in [0.15, 0.2) is 16.5 Å². The zero-order chi connectivity index (χ0) is 24.4. The minimum atomic E-state index is -0.125. The summed E-state index contributed by atoms with van der Waals surface area (Å²) in [4.78, 5) is 28.8. The van der Waals surface area contributed by atoms with Gasteiger partial charge in [0, 0.05) is 16.1 Å². The Balaban J connectivity index is 1.73. The Hall–Kier alpha value is -3.74. The van der Waals surface area contributed by atoms with Gasteiger partial charge in [0.05, 0.1) is 22.0 Å². The molecule has 0 aliphatic heterocycles. The minimum absolute atomic E-state index is 0.125. The monoisotopic (exact) mass is 506 g/mol. The molecule has 0 saturated carbocycles. The lowest BCUT2D eigenvalue weighted by atomic mass is 9.84. The number of halogens is 1. The molecule has 7 heteroatoms. The average Bonchev–Trinajstić information content (AvgIpc) is 2.92. The normalized spacial score (nSPS) is 12.7. The minimum Gasteiger partial charge on any atom is -0.268 e. The molecular formula is C29H19ClN4OS. The number of hydrogen-bond donors (Lipinski definition) is 0. The number of thioether (sulfide) groups is 1. The van der Waals surface area contributed by atoms with Crippen molar-refractivity contribution < 1.29 is 0 Å². The first-order chi connectivity index (χ1) is 17.6. The fraction of sp³-hybridized carbons (Fsp3) is 0.103. The molecule has 3 heterocycles. The van der Waals surface area contributed by atoms with Crippen LogP contribution in [0.25, 0.3) is 50.0 Å². The summed E-state index contributed by atoms with van der Waals surface area (Å²) in [7, 11) is 0. The third-order valence-corrected chi connectivity index (χ3v) is 7.79. The van der Waals surface area contributed by atoms with Crippen molar-refractivity contribution in [3.05, 3.63) is 99.3 Å². The molecule has 1 aliphatic carbocycles. The zero-order valence-electron chi connectivity index (χ0n) is 19.3. The standard InChI is InChI=1S/C29H19ClN4OS/c1-36-29-33-26-24(27-31-22-9-5-4-8-20(22)28(35)34(27)29)23(17-10-13-18(30)14-11-17)21-15-12-16-6-2-3-7-19(16)25(21)32-26/h2-11,13-14H,12,15H2,1H3. The number of fused-ring (bicyclic) bond motifs is 7. The number of aromatic nitrogens is 4. The first-order valence-corrected chi connectivity index (χ1v) is 13.3. The lowest BCUT2D eigenvalue weighted by molar-refractivity contribution is 0.874. The third-order valence-electron chi connectivity index (χ3n) is 6.90. The highest BCUT2D eigenvalue weighted by Crippen LogP contribution is 2.42. The number of rotatable bonds is 2. The van der Waals surface area contributed by atoms with E-state index in [0.717, 1.165) is 46.2 Å². The third kappa shape index (κ3) is 3.11. The van der Waals surface area contributed by atoms with E-state index in [1.165, 1.54) is 17.3 Å². The van der Waals surface area contributed by atoms with Crippen LogP contribution < -0.4 is 5.56 Å². The zero-order valence-corrected chi connectivity index (χ0v) is 20.9. The molecule has 6 aromatic rings. The summed E-state index contributed by atoms with van der Waals surface area (Å²) in [6.07, 6.45) is 3.67. The number of benzene rings is 3. The molecule has 5 nitrogen and oxygen atoms in total. The van der Waals surface area contributed by atoms with Crippen LogP contribution in [0, 0.1) is 0 Å². The Labute approximate surface area is 215 Å². The number of nitrogens with zero attached hydrogens (tertiary/aromatic N) is 4. The van der Waals surface area contributed by atoms with E-state index in [1.54, 1.807) is 4.40 Å². The molecule has 0 atom stereocenters. The van der Waals surface area contributed by atoms with Gasteiger partial charge in [-0.1, -0.05) is 71.9 Å². The van der Waals surface area contributed by atoms with Crippen LogP contribution in [0.3, 0.4) is 0 Å². The molecule has 1 aliphatic rings. The summed E-state index contributed by atoms with van der Waals surface area (Å²) >= 11 is 7.68. The molecule has 0 saturated heterocycles. The van der Waals surface area contributed by atoms with E-state index in [2.05, 4.69) is 24.3 Å². The smallest absolute Gasteiger partial charge is 0.267 e. The lowest BCUT2D eigenvalue weighted by Gasteiger charge is -2.24. The van der Waals surface area contributed by atoms with Gasteiger partial charge in [-0.2, -0.15) is 0 Å². The summed E-state index contributed by atoms with van der Waals surface area (Å²) in [6.45, 7) is 0. The molecule has 0 radical (unpaired) electrons. The molecule has 0 fully saturated rings. The highest BCUT2D eigenvalue weighted by atomic mass is 35.5. The molecule has 3 aromatic heterocycles. The molecular weight excluding hydrogens is 488 g/mol. The van der Waals surface area contributed by atoms with E-state index in [-0.39, 0.29) is 5.56 Å². The second-order valence-electron chi connectivity index (χ2n) is 8.87. The maximum atomic E-state index is 13.7. The van der Waals surface area contributed by atoms with Gasteiger partial charge in [0.25, 0.3) is 5.56 Å². The van der Waals surface area contributed by atoms with Gasteiger partial charge in [-0.25, -0.2) is 19.4 Å². The van der Waals surface area contributed by atoms with Crippen LogP contribution in [-0.4, -0.2) is 25.6 Å². The van der Waals surface area contributed by atoms with Crippen LogP contribution in [0.5, 0.6) is 0 Å². The van der Waals surface area contributed by atoms with Crippen LogP contribution >= 0.6 is 23.4 Å². The van der Waals surface area contributed by atoms with Crippen LogP contribution in [-0.2, 0) is 12.8 Å². The highest BCUT2D eigenvalue weighted by Gasteiger charge is 2.26. The van der Waals surface area contributed by atoms with Crippen LogP contribution in [0.1, 0.15) is 11.1 Å². The predicted octanol–water partition coefficient (Wildman–Crippen LogP) is 6.60. The van der Waals surface area contributed by atoms with Gasteiger partial charge in [-0.3, -0.25) is 4.79 Å². The Kier molecular flexibility index (Phi) is 4.88. The van der Waals surface area contributed by atoms with Crippen molar-refractivity contribution in [2.75, 3.05) is 6.26 Å². The van der Waals surface area contributed by atoms with Gasteiger partial charge in [-0.15, -0.1) is 0 Å². The van der Waals surface area contributed by atoms with E-state index >= 15 is 0 Å². The van der Waals surface area contributed by atoms with Crippen molar-refractivity contribution in [2.45, 2.75) is 18.0 Å². The van der Waals surface area contributed by atoms with E-state index in [1.807, 2.05) is 54.8 Å². The Morgan fingerprint density at radius 3 is 2.50 bits per heavy atom. The molecule has 7 rings (SSSR count). The number of hydrogen-bond acceptors (Lipinski definition) is 5. The van der Waals surface area contributed by atoms with E-state index in [4.69, 9.17) is 26.6 Å². The molecule has 0 unspecified atom stereocenters. The Morgan fingerprint density at radius 2 is 1.67 bits per heavy atom. The first kappa shape index (κ1) is 21.5. The number of aryl methyl sites for hydroxylation is 1. The van der Waals surface area contributed by atoms with E-state index in [9.17, 15) is 4.79 Å². The van der Waals surface area contributed by atoms with Crippen molar-refractivity contribution in [3.8, 4) is 22.4 Å². The van der Waals surface area contributed by atoms with Gasteiger partial charge in [-0.05, 0) is 60.1 Å². The molecule has 0 bridgehead atoms. The summed E-state index contributed by atoms with van der Waals surface area (Å²) in [5, 5.41) is 2.60. The predicted molar refractivity (Wildman–Crippen MR) is 147 cm³/mol. The lowest BCUT2D eigenvalue weighted by Crippen LogP contribution is -2.19. The largest absolute Gasteiger partial charge is 0.268 e. The second-order valence-corrected chi connectivity index (χ2v) is 10.1. The van der Waals surface area contributed by atoms with Crippen molar-refractivity contribution >= 4 is 50.9 Å². The quantitative estimate of drug-likeness (QED) is 0.115. The summed E-state index contributed by atoms with van der Waals surface area (Å²) in [5.74, 6) is 0. The van der Waals surface area contributed by atoms with Crippen molar-refractivity contribution in [3.63, 3.8) is 0 Å². The molecule has 0 spiro atoms. The fourth-order valence-corrected chi connectivity index (χ4v) is 5.94. The van der Waals surface area contributed by atoms with Crippen molar-refractivity contribution in [1.82, 2.24) is 19.4 Å². The topological polar surface area (TPSA) is 60.2 Å². The van der Waals surface area contributed by atoms with Crippen molar-refractivity contribution in [2.24, 2.45) is 0 Å². The summed E-state index contributed by atoms with van der Waals surface area (Å²) < 4.78 is 1.64. The van der Waals surface area contributed by atoms with Crippen LogP contribution in [0.2, 0.25) is 5.02 Å². The average molecular weight is 507 g/mol. The second kappa shape index (κ2) is 8.15. The Bertz CT molecular complexity index is 1910. The van der Waals surface area contributed by atoms with Crippen molar-refractivity contribution in [1.29, 1.82) is 0 Å². The molecule has 3 aromatic carbocycles. The maximum absolute atomic E-state index is 13.7. The fourth-order valence-electron chi connectivity index (χ4n) is 5.29. The summed E-state index contributed by atoms with van der Waals surface area (Å²) in [5.41, 5.74) is 8.22. The Morgan fingerprint density at radius 1 is 0.889 bits per heavy atom. The first-order valence-electron chi connectivity index (χ1n) is 11.7. The summed E-state index contributed by atoms with van der Waals surface area (Å²) in [6, 6.07) is 23.7. The molecule has 174 valence electrons. The van der Waals surface area contributed by atoms with Gasteiger partial charge in [0.2, 0.25) is 0 Å². The maximum Gasteiger partial charge on any atom is 0.267 e. The van der Waals surface area contributed by atoms with Gasteiger partial charge >= 0.3 is 0 Å². The van der Waals surface area contributed by atoms with Gasteiger partial charge < -0.3 is 0 Å². The molecule has 36 heavy (non-hydrogen) atoms. The van der Waals surface area contributed by atoms with Gasteiger partial charge in [0.1, 0.15) is 0 Å². The number of pyridine rings is 1. The highest BCUT2D eigenvalue weighted by molar-refractivity contribution is 7.98.